The number of nitrogens with zero attached hydrogens (tertiary/aromatic N) is 4. The Balaban J connectivity index is 1.51. The minimum Gasteiger partial charge on any atom is -0.324 e. The molecule has 5 N–H and O–H groups in total. The van der Waals surface area contributed by atoms with Gasteiger partial charge < -0.3 is 21.3 Å². The summed E-state index contributed by atoms with van der Waals surface area (Å²) in [5.41, 5.74) is 0.623. The van der Waals surface area contributed by atoms with Crippen molar-refractivity contribution in [3.05, 3.63) is 80.6 Å². The van der Waals surface area contributed by atoms with Crippen LogP contribution in [0.5, 0.6) is 0 Å². The van der Waals surface area contributed by atoms with E-state index in [1.165, 1.54) is 12.1 Å². The van der Waals surface area contributed by atoms with Gasteiger partial charge in [-0.3, -0.25) is 15.2 Å². The van der Waals surface area contributed by atoms with Gasteiger partial charge in [-0.05, 0) is 49.7 Å². The number of carbonyl (C=O) groups excluding carboxylic acids is 1. The lowest BCUT2D eigenvalue weighted by Crippen LogP contribution is -2.20. The third kappa shape index (κ3) is 6.70. The first-order valence-electron chi connectivity index (χ1n) is 11.0. The second-order valence-corrected chi connectivity index (χ2v) is 8.58. The van der Waals surface area contributed by atoms with Crippen molar-refractivity contribution >= 4 is 58.0 Å². The van der Waals surface area contributed by atoms with Gasteiger partial charge in [0.1, 0.15) is 6.20 Å². The summed E-state index contributed by atoms with van der Waals surface area (Å²) in [7, 11) is 0. The van der Waals surface area contributed by atoms with Crippen molar-refractivity contribution in [2.45, 2.75) is 20.0 Å². The van der Waals surface area contributed by atoms with Crippen LogP contribution < -0.4 is 21.3 Å². The summed E-state index contributed by atoms with van der Waals surface area (Å²) in [6, 6.07) is 8.62. The molecular formula is C23H19ClF3N9O3. The fourth-order valence-corrected chi connectivity index (χ4v) is 3.56. The minimum absolute atomic E-state index is 0.0147. The molecule has 0 fully saturated rings. The Labute approximate surface area is 223 Å². The van der Waals surface area contributed by atoms with Crippen LogP contribution in [0.1, 0.15) is 16.8 Å². The summed E-state index contributed by atoms with van der Waals surface area (Å²) in [4.78, 5) is 31.4. The number of aromatic nitrogens is 4. The van der Waals surface area contributed by atoms with E-state index >= 15 is 0 Å². The molecule has 39 heavy (non-hydrogen) atoms. The lowest BCUT2D eigenvalue weighted by atomic mass is 10.2. The normalized spacial score (nSPS) is 11.1. The molecule has 0 unspecified atom stereocenters. The number of aryl methyl sites for hydroxylation is 2. The molecule has 4 rings (SSSR count). The number of anilines is 6. The van der Waals surface area contributed by atoms with Gasteiger partial charge in [0.05, 0.1) is 15.5 Å². The van der Waals surface area contributed by atoms with Crippen LogP contribution in [-0.2, 0) is 6.18 Å². The molecule has 2 heterocycles. The van der Waals surface area contributed by atoms with Gasteiger partial charge in [0.25, 0.3) is 0 Å². The number of aromatic amines is 1. The number of H-pyrrole nitrogens is 1. The molecule has 2 amide bonds. The lowest BCUT2D eigenvalue weighted by molar-refractivity contribution is -0.384. The molecule has 0 radical (unpaired) electrons. The molecule has 0 saturated heterocycles. The summed E-state index contributed by atoms with van der Waals surface area (Å²) in [5, 5.41) is 28.2. The Hall–Kier alpha value is -4.92. The van der Waals surface area contributed by atoms with E-state index in [1.54, 1.807) is 32.0 Å². The Morgan fingerprint density at radius 1 is 1.05 bits per heavy atom. The minimum atomic E-state index is -4.69. The standard InChI is InChI=1S/C23H19ClF3N9O3/c1-11-3-4-14(30-22(37)29-13-5-6-16(24)15(8-13)23(25,26)27)9-17(11)31-21-28-10-18(36(38)39)20(33-21)32-19-7-12(2)34-35-19/h3-10H,1-2H3,(H2,29,30,37)(H3,28,31,32,33,34,35). The number of alkyl halides is 3. The highest BCUT2D eigenvalue weighted by molar-refractivity contribution is 6.31. The smallest absolute Gasteiger partial charge is 0.324 e. The third-order valence-electron chi connectivity index (χ3n) is 5.19. The molecule has 0 bridgehead atoms. The second kappa shape index (κ2) is 10.8. The number of halogens is 4. The van der Waals surface area contributed by atoms with E-state index in [9.17, 15) is 28.1 Å². The largest absolute Gasteiger partial charge is 0.417 e. The zero-order valence-electron chi connectivity index (χ0n) is 20.1. The fourth-order valence-electron chi connectivity index (χ4n) is 3.33. The Bertz CT molecular complexity index is 1560. The van der Waals surface area contributed by atoms with Gasteiger partial charge in [0.2, 0.25) is 11.8 Å². The van der Waals surface area contributed by atoms with Gasteiger partial charge in [0, 0.05) is 28.8 Å². The van der Waals surface area contributed by atoms with E-state index in [-0.39, 0.29) is 28.8 Å². The molecule has 16 heteroatoms. The van der Waals surface area contributed by atoms with E-state index in [0.717, 1.165) is 24.0 Å². The highest BCUT2D eigenvalue weighted by atomic mass is 35.5. The number of amides is 2. The lowest BCUT2D eigenvalue weighted by Gasteiger charge is -2.14. The molecule has 0 aliphatic carbocycles. The first kappa shape index (κ1) is 27.1. The van der Waals surface area contributed by atoms with Crippen molar-refractivity contribution in [2.75, 3.05) is 21.3 Å². The SMILES string of the molecule is Cc1cc(Nc2nc(Nc3cc(NC(=O)Nc4ccc(Cl)c(C(F)(F)F)c4)ccc3C)ncc2[N+](=O)[O-])n[nH]1. The number of hydrogen-bond acceptors (Lipinski definition) is 8. The number of nitrogens with one attached hydrogen (secondary N) is 5. The molecule has 0 atom stereocenters. The fraction of sp³-hybridized carbons (Fsp3) is 0.130. The van der Waals surface area contributed by atoms with Gasteiger partial charge in [-0.25, -0.2) is 9.78 Å². The van der Waals surface area contributed by atoms with Crippen LogP contribution in [0.2, 0.25) is 5.02 Å². The second-order valence-electron chi connectivity index (χ2n) is 8.17. The molecule has 202 valence electrons. The van der Waals surface area contributed by atoms with E-state index < -0.39 is 27.7 Å². The number of nitro groups is 1. The van der Waals surface area contributed by atoms with Gasteiger partial charge in [0.15, 0.2) is 5.82 Å². The Morgan fingerprint density at radius 2 is 1.74 bits per heavy atom. The maximum absolute atomic E-state index is 13.1. The number of hydrogen-bond donors (Lipinski definition) is 5. The topological polar surface area (TPSA) is 163 Å². The number of benzene rings is 2. The van der Waals surface area contributed by atoms with Crippen molar-refractivity contribution in [1.29, 1.82) is 0 Å². The number of rotatable bonds is 7. The van der Waals surface area contributed by atoms with Crippen molar-refractivity contribution in [1.82, 2.24) is 20.2 Å². The summed E-state index contributed by atoms with van der Waals surface area (Å²) < 4.78 is 39.3. The summed E-state index contributed by atoms with van der Waals surface area (Å²) in [5.74, 6) is 0.231. The summed E-state index contributed by atoms with van der Waals surface area (Å²) in [6.45, 7) is 3.52. The van der Waals surface area contributed by atoms with Gasteiger partial charge in [-0.1, -0.05) is 17.7 Å². The van der Waals surface area contributed by atoms with Crippen LogP contribution in [0, 0.1) is 24.0 Å². The van der Waals surface area contributed by atoms with E-state index in [2.05, 4.69) is 41.4 Å². The molecule has 12 nitrogen and oxygen atoms in total. The Kier molecular flexibility index (Phi) is 7.53. The van der Waals surface area contributed by atoms with E-state index in [1.807, 2.05) is 0 Å². The predicted molar refractivity (Wildman–Crippen MR) is 139 cm³/mol. The Morgan fingerprint density at radius 3 is 2.38 bits per heavy atom. The van der Waals surface area contributed by atoms with E-state index in [4.69, 9.17) is 11.6 Å². The maximum atomic E-state index is 13.1. The van der Waals surface area contributed by atoms with Gasteiger partial charge in [-0.15, -0.1) is 0 Å². The number of urea groups is 1. The summed E-state index contributed by atoms with van der Waals surface area (Å²) in [6.07, 6.45) is -3.65. The number of carbonyl (C=O) groups is 1. The molecule has 0 aliphatic heterocycles. The highest BCUT2D eigenvalue weighted by Crippen LogP contribution is 2.36. The molecule has 0 spiro atoms. The monoisotopic (exact) mass is 561 g/mol. The predicted octanol–water partition coefficient (Wildman–Crippen LogP) is 6.53. The molecule has 0 aliphatic rings. The van der Waals surface area contributed by atoms with Crippen LogP contribution in [0.25, 0.3) is 0 Å². The van der Waals surface area contributed by atoms with Crippen molar-refractivity contribution in [2.24, 2.45) is 0 Å². The molecule has 4 aromatic rings. The van der Waals surface area contributed by atoms with Crippen molar-refractivity contribution in [3.8, 4) is 0 Å². The molecule has 2 aromatic carbocycles. The van der Waals surface area contributed by atoms with Crippen LogP contribution in [-0.4, -0.2) is 31.1 Å². The molecular weight excluding hydrogens is 543 g/mol. The quantitative estimate of drug-likeness (QED) is 0.126. The van der Waals surface area contributed by atoms with Crippen LogP contribution in [0.15, 0.2) is 48.7 Å². The highest BCUT2D eigenvalue weighted by Gasteiger charge is 2.33. The first-order chi connectivity index (χ1) is 18.4. The van der Waals surface area contributed by atoms with Crippen LogP contribution in [0.3, 0.4) is 0 Å². The van der Waals surface area contributed by atoms with Crippen molar-refractivity contribution in [3.63, 3.8) is 0 Å². The van der Waals surface area contributed by atoms with Gasteiger partial charge >= 0.3 is 17.9 Å². The zero-order chi connectivity index (χ0) is 28.3. The van der Waals surface area contributed by atoms with E-state index in [0.29, 0.717) is 17.1 Å². The molecule has 2 aromatic heterocycles. The van der Waals surface area contributed by atoms with Crippen LogP contribution in [0.4, 0.5) is 58.3 Å². The molecule has 0 saturated carbocycles. The van der Waals surface area contributed by atoms with Crippen LogP contribution >= 0.6 is 11.6 Å². The average molecular weight is 562 g/mol. The first-order valence-corrected chi connectivity index (χ1v) is 11.4. The van der Waals surface area contributed by atoms with Gasteiger partial charge in [-0.2, -0.15) is 23.3 Å². The average Bonchev–Trinajstić information content (AvgIpc) is 3.26. The zero-order valence-corrected chi connectivity index (χ0v) is 20.9. The summed E-state index contributed by atoms with van der Waals surface area (Å²) >= 11 is 5.61. The maximum Gasteiger partial charge on any atom is 0.417 e. The third-order valence-corrected chi connectivity index (χ3v) is 5.52. The van der Waals surface area contributed by atoms with Crippen molar-refractivity contribution < 1.29 is 22.9 Å².